The first-order valence-electron chi connectivity index (χ1n) is 8.78. The lowest BCUT2D eigenvalue weighted by molar-refractivity contribution is 0.596. The van der Waals surface area contributed by atoms with Gasteiger partial charge in [-0.15, -0.1) is 0 Å². The zero-order chi connectivity index (χ0) is 17.3. The second-order valence-electron chi connectivity index (χ2n) is 7.95. The standard InChI is InChI=1S/C23H21NO/c1-23(2,3)17-13-16-14-9-6-8-12-19(14)25-22(16)21-20(17)15-10-5-7-11-18(15)24(21)4/h5-13H,1-4H3. The van der Waals surface area contributed by atoms with Gasteiger partial charge in [0.1, 0.15) is 5.58 Å². The first kappa shape index (κ1) is 14.6. The summed E-state index contributed by atoms with van der Waals surface area (Å²) < 4.78 is 8.61. The summed E-state index contributed by atoms with van der Waals surface area (Å²) in [4.78, 5) is 0. The van der Waals surface area contributed by atoms with Crippen molar-refractivity contribution in [2.75, 3.05) is 0 Å². The fourth-order valence-electron chi connectivity index (χ4n) is 4.12. The van der Waals surface area contributed by atoms with Gasteiger partial charge in [0.25, 0.3) is 0 Å². The van der Waals surface area contributed by atoms with Gasteiger partial charge in [0, 0.05) is 34.1 Å². The summed E-state index contributed by atoms with van der Waals surface area (Å²) in [5.74, 6) is 0. The Kier molecular flexibility index (Phi) is 2.72. The Morgan fingerprint density at radius 3 is 2.28 bits per heavy atom. The number of nitrogens with zero attached hydrogens (tertiary/aromatic N) is 1. The average Bonchev–Trinajstić information content (AvgIpc) is 3.10. The number of hydrogen-bond acceptors (Lipinski definition) is 1. The lowest BCUT2D eigenvalue weighted by Gasteiger charge is -2.21. The molecule has 0 saturated heterocycles. The van der Waals surface area contributed by atoms with Crippen LogP contribution in [0.3, 0.4) is 0 Å². The molecule has 25 heavy (non-hydrogen) atoms. The summed E-state index contributed by atoms with van der Waals surface area (Å²) >= 11 is 0. The second kappa shape index (κ2) is 4.66. The van der Waals surface area contributed by atoms with Gasteiger partial charge in [-0.05, 0) is 29.2 Å². The second-order valence-corrected chi connectivity index (χ2v) is 7.95. The van der Waals surface area contributed by atoms with Gasteiger partial charge in [-0.2, -0.15) is 0 Å². The quantitative estimate of drug-likeness (QED) is 0.316. The number of fused-ring (bicyclic) bond motifs is 7. The van der Waals surface area contributed by atoms with E-state index in [2.05, 4.69) is 80.9 Å². The lowest BCUT2D eigenvalue weighted by atomic mass is 9.83. The molecule has 0 atom stereocenters. The van der Waals surface area contributed by atoms with Crippen molar-refractivity contribution in [1.82, 2.24) is 4.57 Å². The molecule has 5 aromatic rings. The molecule has 3 aromatic carbocycles. The van der Waals surface area contributed by atoms with E-state index < -0.39 is 0 Å². The Morgan fingerprint density at radius 1 is 0.840 bits per heavy atom. The van der Waals surface area contributed by atoms with Gasteiger partial charge in [-0.3, -0.25) is 0 Å². The van der Waals surface area contributed by atoms with Crippen LogP contribution in [0.2, 0.25) is 0 Å². The molecule has 5 rings (SSSR count). The van der Waals surface area contributed by atoms with E-state index in [1.165, 1.54) is 38.1 Å². The molecule has 0 aliphatic heterocycles. The van der Waals surface area contributed by atoms with E-state index in [4.69, 9.17) is 4.42 Å². The van der Waals surface area contributed by atoms with Crippen LogP contribution in [0.1, 0.15) is 26.3 Å². The van der Waals surface area contributed by atoms with Crippen LogP contribution in [0.5, 0.6) is 0 Å². The first-order valence-corrected chi connectivity index (χ1v) is 8.78. The van der Waals surface area contributed by atoms with Crippen LogP contribution in [0.25, 0.3) is 43.7 Å². The van der Waals surface area contributed by atoms with Crippen molar-refractivity contribution >= 4 is 43.7 Å². The predicted molar refractivity (Wildman–Crippen MR) is 106 cm³/mol. The van der Waals surface area contributed by atoms with Gasteiger partial charge in [-0.25, -0.2) is 0 Å². The van der Waals surface area contributed by atoms with E-state index in [9.17, 15) is 0 Å². The molecule has 0 saturated carbocycles. The molecule has 2 nitrogen and oxygen atoms in total. The van der Waals surface area contributed by atoms with Gasteiger partial charge in [-0.1, -0.05) is 57.2 Å². The van der Waals surface area contributed by atoms with E-state index in [-0.39, 0.29) is 5.41 Å². The Balaban J connectivity index is 2.16. The van der Waals surface area contributed by atoms with Crippen LogP contribution in [-0.4, -0.2) is 4.57 Å². The zero-order valence-corrected chi connectivity index (χ0v) is 15.1. The van der Waals surface area contributed by atoms with Crippen molar-refractivity contribution in [3.05, 3.63) is 60.2 Å². The third kappa shape index (κ3) is 1.85. The minimum Gasteiger partial charge on any atom is -0.454 e. The third-order valence-electron chi connectivity index (χ3n) is 5.32. The van der Waals surface area contributed by atoms with Gasteiger partial charge < -0.3 is 8.98 Å². The van der Waals surface area contributed by atoms with Crippen molar-refractivity contribution in [2.24, 2.45) is 7.05 Å². The largest absolute Gasteiger partial charge is 0.454 e. The summed E-state index contributed by atoms with van der Waals surface area (Å²) in [5.41, 5.74) is 5.81. The maximum Gasteiger partial charge on any atom is 0.159 e. The summed E-state index contributed by atoms with van der Waals surface area (Å²) in [5, 5.41) is 5.01. The number of aromatic nitrogens is 1. The number of hydrogen-bond donors (Lipinski definition) is 0. The Morgan fingerprint density at radius 2 is 1.52 bits per heavy atom. The highest BCUT2D eigenvalue weighted by Crippen LogP contribution is 2.43. The maximum atomic E-state index is 6.32. The highest BCUT2D eigenvalue weighted by Gasteiger charge is 2.25. The Labute approximate surface area is 146 Å². The number of furan rings is 1. The number of para-hydroxylation sites is 2. The fourth-order valence-corrected chi connectivity index (χ4v) is 4.12. The smallest absolute Gasteiger partial charge is 0.159 e. The minimum atomic E-state index is 0.0505. The molecule has 0 aliphatic rings. The highest BCUT2D eigenvalue weighted by atomic mass is 16.3. The zero-order valence-electron chi connectivity index (χ0n) is 15.1. The first-order chi connectivity index (χ1) is 12.0. The van der Waals surface area contributed by atoms with Crippen LogP contribution in [-0.2, 0) is 12.5 Å². The van der Waals surface area contributed by atoms with E-state index >= 15 is 0 Å². The normalized spacial score (nSPS) is 12.8. The number of rotatable bonds is 0. The Hall–Kier alpha value is -2.74. The number of benzene rings is 3. The maximum absolute atomic E-state index is 6.32. The molecule has 2 heterocycles. The fraction of sp³-hybridized carbons (Fsp3) is 0.217. The molecule has 0 spiro atoms. The minimum absolute atomic E-state index is 0.0505. The lowest BCUT2D eigenvalue weighted by Crippen LogP contribution is -2.11. The summed E-state index contributed by atoms with van der Waals surface area (Å²) in [6, 6.07) is 19.3. The molecule has 0 unspecified atom stereocenters. The van der Waals surface area contributed by atoms with Gasteiger partial charge in [0.05, 0.1) is 5.52 Å². The van der Waals surface area contributed by atoms with E-state index in [1.807, 2.05) is 6.07 Å². The van der Waals surface area contributed by atoms with Crippen LogP contribution in [0.4, 0.5) is 0 Å². The van der Waals surface area contributed by atoms with Crippen LogP contribution in [0.15, 0.2) is 59.0 Å². The molecule has 0 N–H and O–H groups in total. The molecule has 124 valence electrons. The molecule has 2 aromatic heterocycles. The van der Waals surface area contributed by atoms with Gasteiger partial charge in [0.15, 0.2) is 5.58 Å². The topological polar surface area (TPSA) is 18.1 Å². The summed E-state index contributed by atoms with van der Waals surface area (Å²) in [7, 11) is 2.14. The van der Waals surface area contributed by atoms with Crippen molar-refractivity contribution in [2.45, 2.75) is 26.2 Å². The summed E-state index contributed by atoms with van der Waals surface area (Å²) in [6.07, 6.45) is 0. The van der Waals surface area contributed by atoms with Gasteiger partial charge in [0.2, 0.25) is 0 Å². The highest BCUT2D eigenvalue weighted by molar-refractivity contribution is 6.22. The Bertz CT molecular complexity index is 1280. The van der Waals surface area contributed by atoms with E-state index in [0.717, 1.165) is 11.2 Å². The third-order valence-corrected chi connectivity index (χ3v) is 5.32. The number of aryl methyl sites for hydroxylation is 1. The molecule has 0 aliphatic carbocycles. The monoisotopic (exact) mass is 327 g/mol. The molecule has 0 bridgehead atoms. The van der Waals surface area contributed by atoms with Gasteiger partial charge >= 0.3 is 0 Å². The molecule has 0 fully saturated rings. The predicted octanol–water partition coefficient (Wildman–Crippen LogP) is 6.53. The van der Waals surface area contributed by atoms with Crippen molar-refractivity contribution in [3.8, 4) is 0 Å². The molecular formula is C23H21NO. The SMILES string of the molecule is Cn1c2ccccc2c2c(C(C)(C)C)cc3c4ccccc4oc3c21. The molecule has 0 amide bonds. The van der Waals surface area contributed by atoms with Crippen molar-refractivity contribution < 1.29 is 4.42 Å². The van der Waals surface area contributed by atoms with Crippen molar-refractivity contribution in [3.63, 3.8) is 0 Å². The average molecular weight is 327 g/mol. The summed E-state index contributed by atoms with van der Waals surface area (Å²) in [6.45, 7) is 6.87. The van der Waals surface area contributed by atoms with Crippen LogP contribution < -0.4 is 0 Å². The molecular weight excluding hydrogens is 306 g/mol. The van der Waals surface area contributed by atoms with E-state index in [1.54, 1.807) is 0 Å². The van der Waals surface area contributed by atoms with Crippen LogP contribution >= 0.6 is 0 Å². The van der Waals surface area contributed by atoms with Crippen molar-refractivity contribution in [1.29, 1.82) is 0 Å². The van der Waals surface area contributed by atoms with E-state index in [0.29, 0.717) is 0 Å². The van der Waals surface area contributed by atoms with Crippen LogP contribution in [0, 0.1) is 0 Å². The molecule has 0 radical (unpaired) electrons. The molecule has 2 heteroatoms.